The van der Waals surface area contributed by atoms with Crippen molar-refractivity contribution in [3.8, 4) is 0 Å². The second-order valence-corrected chi connectivity index (χ2v) is 4.46. The number of nitrogens with one attached hydrogen (secondary N) is 1. The van der Waals surface area contributed by atoms with Gasteiger partial charge in [-0.05, 0) is 23.6 Å². The number of anilines is 1. The molecule has 0 bridgehead atoms. The molecule has 0 fully saturated rings. The quantitative estimate of drug-likeness (QED) is 0.776. The predicted octanol–water partition coefficient (Wildman–Crippen LogP) is 2.90. The van der Waals surface area contributed by atoms with Crippen molar-refractivity contribution >= 4 is 11.3 Å². The van der Waals surface area contributed by atoms with Gasteiger partial charge in [0.15, 0.2) is 5.82 Å². The summed E-state index contributed by atoms with van der Waals surface area (Å²) < 4.78 is 1.81. The van der Waals surface area contributed by atoms with E-state index in [2.05, 4.69) is 46.6 Å². The monoisotopic (exact) mass is 252 g/mol. The first-order chi connectivity index (χ1) is 9.36. The maximum atomic E-state index is 4.36. The molecule has 96 valence electrons. The summed E-state index contributed by atoms with van der Waals surface area (Å²) in [7, 11) is 0. The summed E-state index contributed by atoms with van der Waals surface area (Å²) in [5, 5.41) is 7.55. The van der Waals surface area contributed by atoms with Gasteiger partial charge in [0.05, 0.1) is 6.20 Å². The molecule has 0 spiro atoms. The van der Waals surface area contributed by atoms with Crippen molar-refractivity contribution in [1.29, 1.82) is 0 Å². The highest BCUT2D eigenvalue weighted by atomic mass is 15.2. The van der Waals surface area contributed by atoms with Gasteiger partial charge < -0.3 is 5.32 Å². The molecule has 4 heteroatoms. The van der Waals surface area contributed by atoms with Crippen molar-refractivity contribution in [3.63, 3.8) is 0 Å². The molecule has 1 aromatic carbocycles. The molecule has 0 aliphatic carbocycles. The van der Waals surface area contributed by atoms with Gasteiger partial charge in [-0.25, -0.2) is 9.50 Å². The van der Waals surface area contributed by atoms with E-state index in [1.807, 2.05) is 16.8 Å². The number of hydrogen-bond acceptors (Lipinski definition) is 3. The number of hydrogen-bond donors (Lipinski definition) is 1. The zero-order chi connectivity index (χ0) is 13.1. The van der Waals surface area contributed by atoms with E-state index in [0.717, 1.165) is 24.3 Å². The average molecular weight is 252 g/mol. The van der Waals surface area contributed by atoms with Crippen molar-refractivity contribution in [2.75, 3.05) is 5.32 Å². The van der Waals surface area contributed by atoms with Crippen molar-refractivity contribution in [1.82, 2.24) is 14.6 Å². The number of nitrogens with zero attached hydrogens (tertiary/aromatic N) is 3. The van der Waals surface area contributed by atoms with Crippen LogP contribution < -0.4 is 5.32 Å². The normalized spacial score (nSPS) is 10.8. The average Bonchev–Trinajstić information content (AvgIpc) is 2.94. The van der Waals surface area contributed by atoms with E-state index in [0.29, 0.717) is 0 Å². The van der Waals surface area contributed by atoms with E-state index in [4.69, 9.17) is 0 Å². The lowest BCUT2D eigenvalue weighted by molar-refractivity contribution is 0.942. The minimum atomic E-state index is 0.766. The smallest absolute Gasteiger partial charge is 0.152 e. The van der Waals surface area contributed by atoms with Crippen molar-refractivity contribution < 1.29 is 0 Å². The topological polar surface area (TPSA) is 42.2 Å². The molecule has 4 nitrogen and oxygen atoms in total. The van der Waals surface area contributed by atoms with Crippen LogP contribution in [-0.2, 0) is 13.0 Å². The van der Waals surface area contributed by atoms with Gasteiger partial charge in [-0.3, -0.25) is 0 Å². The van der Waals surface area contributed by atoms with E-state index >= 15 is 0 Å². The summed E-state index contributed by atoms with van der Waals surface area (Å²) in [6.45, 7) is 2.93. The van der Waals surface area contributed by atoms with Crippen LogP contribution in [-0.4, -0.2) is 14.6 Å². The summed E-state index contributed by atoms with van der Waals surface area (Å²) in [6, 6.07) is 10.6. The predicted molar refractivity (Wildman–Crippen MR) is 76.1 cm³/mol. The molecule has 0 aliphatic heterocycles. The minimum Gasteiger partial charge on any atom is -0.364 e. The molecule has 0 amide bonds. The minimum absolute atomic E-state index is 0.766. The molecule has 3 aromatic rings. The number of fused-ring (bicyclic) bond motifs is 1. The molecule has 0 atom stereocenters. The molecule has 0 unspecified atom stereocenters. The van der Waals surface area contributed by atoms with Gasteiger partial charge >= 0.3 is 0 Å². The zero-order valence-corrected chi connectivity index (χ0v) is 10.9. The van der Waals surface area contributed by atoms with E-state index in [-0.39, 0.29) is 0 Å². The lowest BCUT2D eigenvalue weighted by Crippen LogP contribution is -2.03. The first kappa shape index (κ1) is 11.7. The van der Waals surface area contributed by atoms with Crippen LogP contribution in [0, 0.1) is 0 Å². The number of rotatable bonds is 4. The molecule has 1 N–H and O–H groups in total. The van der Waals surface area contributed by atoms with Crippen LogP contribution in [0.15, 0.2) is 48.9 Å². The fourth-order valence-corrected chi connectivity index (χ4v) is 2.07. The zero-order valence-electron chi connectivity index (χ0n) is 10.9. The Morgan fingerprint density at radius 2 is 1.84 bits per heavy atom. The fourth-order valence-electron chi connectivity index (χ4n) is 2.07. The molecule has 2 aromatic heterocycles. The number of aromatic nitrogens is 3. The van der Waals surface area contributed by atoms with E-state index < -0.39 is 0 Å². The summed E-state index contributed by atoms with van der Waals surface area (Å²) in [5.74, 6) is 0.861. The lowest BCUT2D eigenvalue weighted by atomic mass is 10.1. The molecule has 19 heavy (non-hydrogen) atoms. The van der Waals surface area contributed by atoms with Gasteiger partial charge in [0.1, 0.15) is 5.52 Å². The molecule has 0 aliphatic rings. The van der Waals surface area contributed by atoms with Gasteiger partial charge in [0.2, 0.25) is 0 Å². The Hall–Kier alpha value is -2.36. The highest BCUT2D eigenvalue weighted by Gasteiger charge is 2.02. The second-order valence-electron chi connectivity index (χ2n) is 4.46. The largest absolute Gasteiger partial charge is 0.364 e. The maximum Gasteiger partial charge on any atom is 0.152 e. The SMILES string of the molecule is CCc1ccc(CNc2nccn3nccc23)cc1. The molecule has 3 rings (SSSR count). The summed E-state index contributed by atoms with van der Waals surface area (Å²) >= 11 is 0. The van der Waals surface area contributed by atoms with Crippen LogP contribution in [0.4, 0.5) is 5.82 Å². The third-order valence-electron chi connectivity index (χ3n) is 3.22. The molecule has 0 saturated carbocycles. The lowest BCUT2D eigenvalue weighted by Gasteiger charge is -2.07. The Morgan fingerprint density at radius 3 is 2.63 bits per heavy atom. The summed E-state index contributed by atoms with van der Waals surface area (Å²) in [4.78, 5) is 4.36. The van der Waals surface area contributed by atoms with E-state index in [9.17, 15) is 0 Å². The van der Waals surface area contributed by atoms with Crippen molar-refractivity contribution in [2.24, 2.45) is 0 Å². The van der Waals surface area contributed by atoms with Crippen LogP contribution in [0.5, 0.6) is 0 Å². The van der Waals surface area contributed by atoms with Crippen molar-refractivity contribution in [3.05, 3.63) is 60.0 Å². The van der Waals surface area contributed by atoms with Gasteiger partial charge in [-0.2, -0.15) is 5.10 Å². The maximum absolute atomic E-state index is 4.36. The Kier molecular flexibility index (Phi) is 3.14. The van der Waals surface area contributed by atoms with Gasteiger partial charge in [0, 0.05) is 18.9 Å². The van der Waals surface area contributed by atoms with Crippen LogP contribution in [0.3, 0.4) is 0 Å². The first-order valence-electron chi connectivity index (χ1n) is 6.47. The number of aryl methyl sites for hydroxylation is 1. The third kappa shape index (κ3) is 2.42. The molecular formula is C15H16N4. The summed E-state index contributed by atoms with van der Waals surface area (Å²) in [5.41, 5.74) is 3.60. The van der Waals surface area contributed by atoms with E-state index in [1.165, 1.54) is 11.1 Å². The fraction of sp³-hybridized carbons (Fsp3) is 0.200. The first-order valence-corrected chi connectivity index (χ1v) is 6.47. The Morgan fingerprint density at radius 1 is 1.05 bits per heavy atom. The van der Waals surface area contributed by atoms with Crippen LogP contribution in [0.1, 0.15) is 18.1 Å². The highest BCUT2D eigenvalue weighted by molar-refractivity contribution is 5.66. The second kappa shape index (κ2) is 5.10. The van der Waals surface area contributed by atoms with Gasteiger partial charge in [0.25, 0.3) is 0 Å². The van der Waals surface area contributed by atoms with E-state index in [1.54, 1.807) is 12.4 Å². The van der Waals surface area contributed by atoms with Gasteiger partial charge in [-0.1, -0.05) is 31.2 Å². The number of benzene rings is 1. The standard InChI is InChI=1S/C15H16N4/c1-2-12-3-5-13(6-4-12)11-17-15-14-7-8-18-19(14)10-9-16-15/h3-10H,2,11H2,1H3,(H,16,17). The van der Waals surface area contributed by atoms with Crippen molar-refractivity contribution in [2.45, 2.75) is 19.9 Å². The molecular weight excluding hydrogens is 236 g/mol. The van der Waals surface area contributed by atoms with Gasteiger partial charge in [-0.15, -0.1) is 0 Å². The Balaban J connectivity index is 1.76. The summed E-state index contributed by atoms with van der Waals surface area (Å²) in [6.07, 6.45) is 6.45. The molecule has 0 radical (unpaired) electrons. The van der Waals surface area contributed by atoms with Crippen LogP contribution in [0.2, 0.25) is 0 Å². The highest BCUT2D eigenvalue weighted by Crippen LogP contribution is 2.14. The molecule has 2 heterocycles. The Labute approximate surface area is 112 Å². The third-order valence-corrected chi connectivity index (χ3v) is 3.22. The Bertz CT molecular complexity index is 670. The van der Waals surface area contributed by atoms with Crippen LogP contribution >= 0.6 is 0 Å². The molecule has 0 saturated heterocycles. The van der Waals surface area contributed by atoms with Crippen LogP contribution in [0.25, 0.3) is 5.52 Å².